The number of hydrogen-bond donors (Lipinski definition) is 0. The van der Waals surface area contributed by atoms with Crippen LogP contribution in [0, 0.1) is 0 Å². The largest absolute Gasteiger partial charge is 0.497 e. The highest BCUT2D eigenvalue weighted by Crippen LogP contribution is 2.32. The number of allylic oxidation sites excluding steroid dienone is 1. The molecule has 0 amide bonds. The lowest BCUT2D eigenvalue weighted by atomic mass is 10.1. The van der Waals surface area contributed by atoms with E-state index in [1.807, 2.05) is 19.1 Å². The zero-order valence-electron chi connectivity index (χ0n) is 9.69. The highest BCUT2D eigenvalue weighted by molar-refractivity contribution is 5.69. The summed E-state index contributed by atoms with van der Waals surface area (Å²) in [5.74, 6) is 1.79. The monoisotopic (exact) mass is 216 g/mol. The van der Waals surface area contributed by atoms with Gasteiger partial charge in [0.15, 0.2) is 0 Å². The first-order valence-electron chi connectivity index (χ1n) is 5.41. The summed E-state index contributed by atoms with van der Waals surface area (Å²) in [6.45, 7) is 5.69. The van der Waals surface area contributed by atoms with Crippen LogP contribution >= 0.6 is 0 Å². The van der Waals surface area contributed by atoms with Gasteiger partial charge in [-0.2, -0.15) is 0 Å². The van der Waals surface area contributed by atoms with Gasteiger partial charge in [-0.05, 0) is 37.1 Å². The van der Waals surface area contributed by atoms with Crippen molar-refractivity contribution in [1.82, 2.24) is 0 Å². The molecule has 1 aromatic carbocycles. The van der Waals surface area contributed by atoms with E-state index in [1.54, 1.807) is 13.2 Å². The average molecular weight is 216 g/mol. The van der Waals surface area contributed by atoms with E-state index >= 15 is 0 Å². The van der Waals surface area contributed by atoms with E-state index in [-0.39, 0.29) is 6.10 Å². The van der Waals surface area contributed by atoms with Gasteiger partial charge < -0.3 is 9.47 Å². The van der Waals surface area contributed by atoms with Crippen molar-refractivity contribution in [2.24, 2.45) is 0 Å². The van der Waals surface area contributed by atoms with Crippen molar-refractivity contribution < 1.29 is 9.47 Å². The molecule has 0 N–H and O–H groups in total. The second-order valence-corrected chi connectivity index (χ2v) is 3.85. The van der Waals surface area contributed by atoms with E-state index in [1.165, 1.54) is 5.56 Å². The molecule has 2 nitrogen and oxygen atoms in total. The fourth-order valence-electron chi connectivity index (χ4n) is 1.76. The standard InChI is InChI=1S/C14H16O2/c1-4-10(2)16-14-8-6-11-5-7-12(15-3)9-13(11)14/h4-5,7-10H,1,6H2,2-3H3. The van der Waals surface area contributed by atoms with Crippen LogP contribution < -0.4 is 4.74 Å². The highest BCUT2D eigenvalue weighted by Gasteiger charge is 2.17. The number of hydrogen-bond acceptors (Lipinski definition) is 2. The second-order valence-electron chi connectivity index (χ2n) is 3.85. The second kappa shape index (κ2) is 4.44. The number of ether oxygens (including phenoxy) is 2. The predicted octanol–water partition coefficient (Wildman–Crippen LogP) is 3.18. The van der Waals surface area contributed by atoms with Crippen molar-refractivity contribution in [3.8, 4) is 5.75 Å². The summed E-state index contributed by atoms with van der Waals surface area (Å²) in [4.78, 5) is 0. The van der Waals surface area contributed by atoms with Crippen LogP contribution in [0.15, 0.2) is 36.9 Å². The van der Waals surface area contributed by atoms with Crippen LogP contribution in [0.2, 0.25) is 0 Å². The Hall–Kier alpha value is -1.70. The topological polar surface area (TPSA) is 18.5 Å². The Balaban J connectivity index is 2.25. The minimum Gasteiger partial charge on any atom is -0.497 e. The van der Waals surface area contributed by atoms with Gasteiger partial charge in [0.1, 0.15) is 17.6 Å². The molecule has 0 radical (unpaired) electrons. The van der Waals surface area contributed by atoms with E-state index in [0.29, 0.717) is 0 Å². The van der Waals surface area contributed by atoms with Crippen molar-refractivity contribution in [1.29, 1.82) is 0 Å². The van der Waals surface area contributed by atoms with Crippen LogP contribution in [0.1, 0.15) is 18.1 Å². The molecule has 0 fully saturated rings. The third kappa shape index (κ3) is 1.96. The van der Waals surface area contributed by atoms with Crippen molar-refractivity contribution in [3.05, 3.63) is 48.1 Å². The molecule has 0 heterocycles. The predicted molar refractivity (Wildman–Crippen MR) is 65.4 cm³/mol. The van der Waals surface area contributed by atoms with Gasteiger partial charge in [-0.15, -0.1) is 0 Å². The SMILES string of the molecule is C=CC(C)OC1=CCc2ccc(OC)cc21. The number of fused-ring (bicyclic) bond motifs is 1. The number of benzene rings is 1. The summed E-state index contributed by atoms with van der Waals surface area (Å²) in [6, 6.07) is 6.08. The van der Waals surface area contributed by atoms with Crippen LogP contribution in [0.3, 0.4) is 0 Å². The minimum atomic E-state index is 0.0309. The maximum atomic E-state index is 5.77. The molecule has 1 aliphatic carbocycles. The van der Waals surface area contributed by atoms with Gasteiger partial charge in [0.2, 0.25) is 0 Å². The van der Waals surface area contributed by atoms with Gasteiger partial charge in [0.25, 0.3) is 0 Å². The van der Waals surface area contributed by atoms with E-state index in [4.69, 9.17) is 9.47 Å². The van der Waals surface area contributed by atoms with Crippen LogP contribution in [0.4, 0.5) is 0 Å². The molecule has 1 unspecified atom stereocenters. The summed E-state index contributed by atoms with van der Waals surface area (Å²) in [6.07, 6.45) is 4.85. The number of methoxy groups -OCH3 is 1. The summed E-state index contributed by atoms with van der Waals surface area (Å²) in [7, 11) is 1.67. The fraction of sp³-hybridized carbons (Fsp3) is 0.286. The highest BCUT2D eigenvalue weighted by atomic mass is 16.5. The summed E-state index contributed by atoms with van der Waals surface area (Å²) >= 11 is 0. The summed E-state index contributed by atoms with van der Waals surface area (Å²) < 4.78 is 11.0. The van der Waals surface area contributed by atoms with Gasteiger partial charge in [-0.1, -0.05) is 18.7 Å². The molecule has 1 aromatic rings. The molecule has 0 spiro atoms. The minimum absolute atomic E-state index is 0.0309. The smallest absolute Gasteiger partial charge is 0.124 e. The van der Waals surface area contributed by atoms with Crippen LogP contribution in [0.25, 0.3) is 5.76 Å². The Labute approximate surface area is 96.2 Å². The maximum Gasteiger partial charge on any atom is 0.124 e. The van der Waals surface area contributed by atoms with Crippen molar-refractivity contribution in [3.63, 3.8) is 0 Å². The van der Waals surface area contributed by atoms with Gasteiger partial charge in [-0.25, -0.2) is 0 Å². The Morgan fingerprint density at radius 2 is 2.25 bits per heavy atom. The fourth-order valence-corrected chi connectivity index (χ4v) is 1.76. The van der Waals surface area contributed by atoms with Gasteiger partial charge in [-0.3, -0.25) is 0 Å². The lowest BCUT2D eigenvalue weighted by Gasteiger charge is -2.13. The zero-order valence-corrected chi connectivity index (χ0v) is 9.69. The van der Waals surface area contributed by atoms with Crippen LogP contribution in [0.5, 0.6) is 5.75 Å². The Kier molecular flexibility index (Phi) is 3.00. The lowest BCUT2D eigenvalue weighted by molar-refractivity contribution is 0.231. The quantitative estimate of drug-likeness (QED) is 0.720. The molecule has 0 bridgehead atoms. The van der Waals surface area contributed by atoms with E-state index < -0.39 is 0 Å². The summed E-state index contributed by atoms with van der Waals surface area (Å²) in [5.41, 5.74) is 2.42. The molecule has 84 valence electrons. The Morgan fingerprint density at radius 1 is 1.44 bits per heavy atom. The zero-order chi connectivity index (χ0) is 11.5. The third-order valence-corrected chi connectivity index (χ3v) is 2.73. The average Bonchev–Trinajstić information content (AvgIpc) is 2.71. The van der Waals surface area contributed by atoms with E-state index in [9.17, 15) is 0 Å². The molecule has 0 aromatic heterocycles. The molecular weight excluding hydrogens is 200 g/mol. The maximum absolute atomic E-state index is 5.77. The van der Waals surface area contributed by atoms with Crippen LogP contribution in [-0.2, 0) is 11.2 Å². The van der Waals surface area contributed by atoms with Crippen LogP contribution in [-0.4, -0.2) is 13.2 Å². The van der Waals surface area contributed by atoms with Crippen molar-refractivity contribution in [2.75, 3.05) is 7.11 Å². The molecule has 0 saturated carbocycles. The van der Waals surface area contributed by atoms with E-state index in [2.05, 4.69) is 18.7 Å². The van der Waals surface area contributed by atoms with E-state index in [0.717, 1.165) is 23.5 Å². The molecule has 2 rings (SSSR count). The van der Waals surface area contributed by atoms with Crippen molar-refractivity contribution in [2.45, 2.75) is 19.4 Å². The van der Waals surface area contributed by atoms with Gasteiger partial charge in [0.05, 0.1) is 7.11 Å². The van der Waals surface area contributed by atoms with Gasteiger partial charge in [0, 0.05) is 5.56 Å². The van der Waals surface area contributed by atoms with Crippen molar-refractivity contribution >= 4 is 5.76 Å². The molecule has 16 heavy (non-hydrogen) atoms. The Morgan fingerprint density at radius 3 is 2.94 bits per heavy atom. The van der Waals surface area contributed by atoms with Gasteiger partial charge >= 0.3 is 0 Å². The summed E-state index contributed by atoms with van der Waals surface area (Å²) in [5, 5.41) is 0. The molecule has 2 heteroatoms. The molecular formula is C14H16O2. The lowest BCUT2D eigenvalue weighted by Crippen LogP contribution is -2.02. The number of rotatable bonds is 4. The first-order valence-corrected chi connectivity index (χ1v) is 5.41. The normalized spacial score (nSPS) is 15.0. The molecule has 0 aliphatic heterocycles. The Bertz CT molecular complexity index is 432. The first kappa shape index (κ1) is 10.8. The molecule has 0 saturated heterocycles. The first-order chi connectivity index (χ1) is 7.74. The third-order valence-electron chi connectivity index (χ3n) is 2.73. The molecule has 1 aliphatic rings. The molecule has 1 atom stereocenters.